The number of hydrogen-bond acceptors (Lipinski definition) is 4. The van der Waals surface area contributed by atoms with Gasteiger partial charge in [-0.2, -0.15) is 0 Å². The van der Waals surface area contributed by atoms with Crippen molar-refractivity contribution in [2.24, 2.45) is 0 Å². The van der Waals surface area contributed by atoms with Gasteiger partial charge in [-0.25, -0.2) is 20.4 Å². The number of allylic oxidation sites excluding steroid dienone is 3. The summed E-state index contributed by atoms with van der Waals surface area (Å²) in [5, 5.41) is 10.8. The molecule has 0 saturated heterocycles. The first-order chi connectivity index (χ1) is 6.74. The summed E-state index contributed by atoms with van der Waals surface area (Å²) < 4.78 is 0. The zero-order valence-electron chi connectivity index (χ0n) is 8.38. The lowest BCUT2D eigenvalue weighted by Gasteiger charge is -1.85. The van der Waals surface area contributed by atoms with Crippen molar-refractivity contribution < 1.29 is 9.59 Å². The third kappa shape index (κ3) is 83.3. The van der Waals surface area contributed by atoms with Gasteiger partial charge in [-0.05, 0) is 26.2 Å². The summed E-state index contributed by atoms with van der Waals surface area (Å²) in [4.78, 5) is 16.7. The van der Waals surface area contributed by atoms with Crippen LogP contribution in [0.5, 0.6) is 0 Å². The largest absolute Gasteiger partial charge is 0.231 e. The van der Waals surface area contributed by atoms with Crippen LogP contribution in [0, 0.1) is 10.8 Å². The number of carbonyl (C=O) groups excluding carboxylic acids is 2. The fourth-order valence-corrected chi connectivity index (χ4v) is 0.547. The average molecular weight is 196 g/mol. The van der Waals surface area contributed by atoms with E-state index in [4.69, 9.17) is 20.4 Å². The van der Waals surface area contributed by atoms with Crippen molar-refractivity contribution in [3.8, 4) is 0 Å². The Labute approximate surface area is 84.3 Å². The smallest absolute Gasteiger partial charge is 0.222 e. The predicted molar refractivity (Wildman–Crippen MR) is 55.7 cm³/mol. The van der Waals surface area contributed by atoms with E-state index in [1.54, 1.807) is 0 Å². The maximum absolute atomic E-state index is 8.35. The molecule has 0 aromatic rings. The molecule has 0 radical (unpaired) electrons. The minimum Gasteiger partial charge on any atom is -0.222 e. The van der Waals surface area contributed by atoms with Crippen molar-refractivity contribution in [1.29, 1.82) is 10.8 Å². The van der Waals surface area contributed by atoms with E-state index in [2.05, 4.69) is 18.7 Å². The highest BCUT2D eigenvalue weighted by atomic mass is 16.1. The first-order valence-electron chi connectivity index (χ1n) is 4.04. The first kappa shape index (κ1) is 18.1. The Morgan fingerprint density at radius 2 is 1.64 bits per heavy atom. The van der Waals surface area contributed by atoms with E-state index in [0.717, 1.165) is 18.6 Å². The summed E-state index contributed by atoms with van der Waals surface area (Å²) in [6.45, 7) is 5.68. The highest BCUT2D eigenvalue weighted by Crippen LogP contribution is 1.95. The van der Waals surface area contributed by atoms with Crippen molar-refractivity contribution >= 4 is 12.2 Å². The van der Waals surface area contributed by atoms with Gasteiger partial charge in [0.25, 0.3) is 0 Å². The Morgan fingerprint density at radius 1 is 1.21 bits per heavy atom. The van der Waals surface area contributed by atoms with Crippen molar-refractivity contribution in [1.82, 2.24) is 0 Å². The molecule has 0 spiro atoms. The van der Waals surface area contributed by atoms with Crippen molar-refractivity contribution in [3.05, 3.63) is 24.8 Å². The van der Waals surface area contributed by atoms with Gasteiger partial charge in [0.15, 0.2) is 0 Å². The normalized spacial score (nSPS) is 6.93. The van der Waals surface area contributed by atoms with Crippen LogP contribution >= 0.6 is 0 Å². The second-order valence-electron chi connectivity index (χ2n) is 1.99. The molecule has 0 saturated carbocycles. The number of unbranched alkanes of at least 4 members (excludes halogenated alkanes) is 2. The summed E-state index contributed by atoms with van der Waals surface area (Å²) >= 11 is 0. The predicted octanol–water partition coefficient (Wildman–Crippen LogP) is 2.72. The molecule has 14 heavy (non-hydrogen) atoms. The van der Waals surface area contributed by atoms with E-state index in [-0.39, 0.29) is 0 Å². The maximum Gasteiger partial charge on any atom is 0.231 e. The molecule has 0 heterocycles. The van der Waals surface area contributed by atoms with E-state index in [1.165, 1.54) is 12.8 Å². The zero-order chi connectivity index (χ0) is 11.7. The van der Waals surface area contributed by atoms with Crippen LogP contribution in [0.1, 0.15) is 26.2 Å². The Bertz CT molecular complexity index is 186. The van der Waals surface area contributed by atoms with E-state index in [0.29, 0.717) is 0 Å². The zero-order valence-corrected chi connectivity index (χ0v) is 8.38. The van der Waals surface area contributed by atoms with Gasteiger partial charge in [0.2, 0.25) is 12.2 Å². The molecule has 0 aromatic heterocycles. The number of rotatable bonds is 4. The third-order valence-electron chi connectivity index (χ3n) is 1.01. The molecule has 4 heteroatoms. The molecule has 0 rings (SSSR count). The van der Waals surface area contributed by atoms with Gasteiger partial charge in [-0.3, -0.25) is 0 Å². The number of nitrogens with one attached hydrogen (secondary N) is 2. The summed E-state index contributed by atoms with van der Waals surface area (Å²) in [5.41, 5.74) is 0. The summed E-state index contributed by atoms with van der Waals surface area (Å²) in [7, 11) is 0. The van der Waals surface area contributed by atoms with E-state index >= 15 is 0 Å². The van der Waals surface area contributed by atoms with Crippen LogP contribution in [0.25, 0.3) is 0 Å². The maximum atomic E-state index is 8.35. The second kappa shape index (κ2) is 30.3. The fourth-order valence-electron chi connectivity index (χ4n) is 0.547. The molecular formula is C10H16N2O2. The quantitative estimate of drug-likeness (QED) is 0.313. The van der Waals surface area contributed by atoms with Gasteiger partial charge in [-0.15, -0.1) is 6.58 Å². The minimum absolute atomic E-state index is 0.750. The molecule has 0 fully saturated rings. The molecule has 0 aliphatic carbocycles. The van der Waals surface area contributed by atoms with Gasteiger partial charge in [-0.1, -0.05) is 18.2 Å². The van der Waals surface area contributed by atoms with Gasteiger partial charge < -0.3 is 0 Å². The molecule has 2 N–H and O–H groups in total. The Kier molecular flexibility index (Phi) is 39.2. The monoisotopic (exact) mass is 196 g/mol. The molecule has 0 aliphatic rings. The van der Waals surface area contributed by atoms with Crippen molar-refractivity contribution in [2.45, 2.75) is 26.2 Å². The summed E-state index contributed by atoms with van der Waals surface area (Å²) in [6.07, 6.45) is 11.3. The van der Waals surface area contributed by atoms with Gasteiger partial charge in [0.1, 0.15) is 0 Å². The Morgan fingerprint density at radius 3 is 1.93 bits per heavy atom. The molecule has 0 unspecified atom stereocenters. The van der Waals surface area contributed by atoms with Gasteiger partial charge in [0, 0.05) is 0 Å². The van der Waals surface area contributed by atoms with Gasteiger partial charge in [0.05, 0.1) is 0 Å². The lowest BCUT2D eigenvalue weighted by Crippen LogP contribution is -1.65. The summed E-state index contributed by atoms with van der Waals surface area (Å²) in [5.74, 6) is 0. The molecule has 4 nitrogen and oxygen atoms in total. The molecule has 0 amide bonds. The SMILES string of the molecule is C=CCCCC=CC.N=C=O.N=C=O. The van der Waals surface area contributed by atoms with Crippen LogP contribution in [0.2, 0.25) is 0 Å². The van der Waals surface area contributed by atoms with E-state index < -0.39 is 0 Å². The van der Waals surface area contributed by atoms with Gasteiger partial charge >= 0.3 is 0 Å². The summed E-state index contributed by atoms with van der Waals surface area (Å²) in [6, 6.07) is 0. The standard InChI is InChI=1S/C8H14.2CHNO/c1-3-5-7-8-6-4-2;2*2-1-3/h3-4,6H,1,5,7-8H2,2H3;2*2H. The molecular weight excluding hydrogens is 180 g/mol. The first-order valence-corrected chi connectivity index (χ1v) is 4.04. The highest BCUT2D eigenvalue weighted by molar-refractivity contribution is 5.26. The molecule has 0 atom stereocenters. The van der Waals surface area contributed by atoms with Crippen LogP contribution in [-0.2, 0) is 9.59 Å². The average Bonchev–Trinajstić information content (AvgIpc) is 2.15. The Hall–Kier alpha value is -1.76. The Balaban J connectivity index is -0.000000168. The second-order valence-corrected chi connectivity index (χ2v) is 1.99. The number of hydrogen-bond donors (Lipinski definition) is 2. The van der Waals surface area contributed by atoms with Crippen LogP contribution in [0.4, 0.5) is 0 Å². The van der Waals surface area contributed by atoms with Crippen molar-refractivity contribution in [2.75, 3.05) is 0 Å². The lowest BCUT2D eigenvalue weighted by atomic mass is 10.2. The van der Waals surface area contributed by atoms with Crippen molar-refractivity contribution in [3.63, 3.8) is 0 Å². The fraction of sp³-hybridized carbons (Fsp3) is 0.400. The topological polar surface area (TPSA) is 81.8 Å². The minimum atomic E-state index is 0.750. The van der Waals surface area contributed by atoms with Crippen LogP contribution in [-0.4, -0.2) is 12.2 Å². The molecule has 0 aliphatic heterocycles. The number of isocyanates is 2. The molecule has 0 bridgehead atoms. The van der Waals surface area contributed by atoms with Crippen LogP contribution in [0.3, 0.4) is 0 Å². The van der Waals surface area contributed by atoms with Crippen LogP contribution in [0.15, 0.2) is 24.8 Å². The lowest BCUT2D eigenvalue weighted by molar-refractivity contribution is 0.562. The van der Waals surface area contributed by atoms with E-state index in [1.807, 2.05) is 13.0 Å². The van der Waals surface area contributed by atoms with Crippen LogP contribution < -0.4 is 0 Å². The molecule has 78 valence electrons. The third-order valence-corrected chi connectivity index (χ3v) is 1.01. The van der Waals surface area contributed by atoms with E-state index in [9.17, 15) is 0 Å². The molecule has 0 aromatic carbocycles. The highest BCUT2D eigenvalue weighted by Gasteiger charge is 1.75.